The SMILES string of the molecule is Cc1ccccc1CN1CCC(CNC2CC2)CC1. The molecule has 0 amide bonds. The summed E-state index contributed by atoms with van der Waals surface area (Å²) >= 11 is 0. The number of likely N-dealkylation sites (tertiary alicyclic amines) is 1. The van der Waals surface area contributed by atoms with E-state index in [0.717, 1.165) is 18.5 Å². The monoisotopic (exact) mass is 258 g/mol. The Morgan fingerprint density at radius 1 is 1.11 bits per heavy atom. The zero-order chi connectivity index (χ0) is 13.1. The zero-order valence-electron chi connectivity index (χ0n) is 12.1. The molecule has 0 unspecified atom stereocenters. The second-order valence-corrected chi connectivity index (χ2v) is 6.33. The maximum atomic E-state index is 3.68. The van der Waals surface area contributed by atoms with Crippen LogP contribution in [0.1, 0.15) is 36.8 Å². The van der Waals surface area contributed by atoms with Crippen molar-refractivity contribution >= 4 is 0 Å². The molecule has 3 rings (SSSR count). The second kappa shape index (κ2) is 6.06. The molecule has 1 aromatic carbocycles. The summed E-state index contributed by atoms with van der Waals surface area (Å²) in [5.41, 5.74) is 2.93. The fourth-order valence-corrected chi connectivity index (χ4v) is 3.00. The minimum atomic E-state index is 0.866. The first kappa shape index (κ1) is 13.1. The number of nitrogens with zero attached hydrogens (tertiary/aromatic N) is 1. The molecule has 1 saturated carbocycles. The van der Waals surface area contributed by atoms with E-state index in [1.165, 1.54) is 56.4 Å². The third kappa shape index (κ3) is 3.80. The van der Waals surface area contributed by atoms with Crippen LogP contribution < -0.4 is 5.32 Å². The predicted octanol–water partition coefficient (Wildman–Crippen LogP) is 2.96. The summed E-state index contributed by atoms with van der Waals surface area (Å²) in [6, 6.07) is 9.66. The fourth-order valence-electron chi connectivity index (χ4n) is 3.00. The molecule has 0 radical (unpaired) electrons. The second-order valence-electron chi connectivity index (χ2n) is 6.33. The summed E-state index contributed by atoms with van der Waals surface area (Å²) in [6.07, 6.45) is 5.55. The van der Waals surface area contributed by atoms with Gasteiger partial charge in [-0.25, -0.2) is 0 Å². The number of piperidine rings is 1. The minimum Gasteiger partial charge on any atom is -0.314 e. The molecule has 1 aromatic rings. The molecule has 1 N–H and O–H groups in total. The molecule has 1 aliphatic heterocycles. The molecule has 2 aliphatic rings. The van der Waals surface area contributed by atoms with Gasteiger partial charge >= 0.3 is 0 Å². The molecule has 1 heterocycles. The first-order valence-electron chi connectivity index (χ1n) is 7.81. The van der Waals surface area contributed by atoms with Crippen LogP contribution in [0.5, 0.6) is 0 Å². The Hall–Kier alpha value is -0.860. The van der Waals surface area contributed by atoms with E-state index in [2.05, 4.69) is 41.4 Å². The number of hydrogen-bond donors (Lipinski definition) is 1. The van der Waals surface area contributed by atoms with Gasteiger partial charge in [-0.1, -0.05) is 24.3 Å². The van der Waals surface area contributed by atoms with Crippen molar-refractivity contribution < 1.29 is 0 Å². The van der Waals surface area contributed by atoms with Gasteiger partial charge in [0.1, 0.15) is 0 Å². The van der Waals surface area contributed by atoms with E-state index in [1.54, 1.807) is 0 Å². The largest absolute Gasteiger partial charge is 0.314 e. The van der Waals surface area contributed by atoms with Gasteiger partial charge in [-0.05, 0) is 69.3 Å². The van der Waals surface area contributed by atoms with Crippen molar-refractivity contribution in [1.82, 2.24) is 10.2 Å². The van der Waals surface area contributed by atoms with Crippen molar-refractivity contribution in [2.45, 2.75) is 45.2 Å². The van der Waals surface area contributed by atoms with Gasteiger partial charge in [0.15, 0.2) is 0 Å². The van der Waals surface area contributed by atoms with Crippen molar-refractivity contribution in [2.75, 3.05) is 19.6 Å². The topological polar surface area (TPSA) is 15.3 Å². The van der Waals surface area contributed by atoms with E-state index in [0.29, 0.717) is 0 Å². The van der Waals surface area contributed by atoms with Gasteiger partial charge in [-0.15, -0.1) is 0 Å². The summed E-state index contributed by atoms with van der Waals surface area (Å²) < 4.78 is 0. The standard InChI is InChI=1S/C17H26N2/c1-14-4-2-3-5-16(14)13-19-10-8-15(9-11-19)12-18-17-6-7-17/h2-5,15,17-18H,6-13H2,1H3. The molecular formula is C17H26N2. The molecule has 1 aliphatic carbocycles. The zero-order valence-corrected chi connectivity index (χ0v) is 12.1. The fraction of sp³-hybridized carbons (Fsp3) is 0.647. The van der Waals surface area contributed by atoms with Crippen molar-refractivity contribution in [3.05, 3.63) is 35.4 Å². The summed E-state index contributed by atoms with van der Waals surface area (Å²) in [7, 11) is 0. The van der Waals surface area contributed by atoms with Gasteiger partial charge in [-0.2, -0.15) is 0 Å². The predicted molar refractivity (Wildman–Crippen MR) is 80.2 cm³/mol. The Labute approximate surface area is 117 Å². The van der Waals surface area contributed by atoms with E-state index in [1.807, 2.05) is 0 Å². The lowest BCUT2D eigenvalue weighted by Gasteiger charge is -2.32. The quantitative estimate of drug-likeness (QED) is 0.873. The average molecular weight is 258 g/mol. The van der Waals surface area contributed by atoms with Crippen LogP contribution in [0.25, 0.3) is 0 Å². The van der Waals surface area contributed by atoms with Crippen molar-refractivity contribution in [2.24, 2.45) is 5.92 Å². The maximum absolute atomic E-state index is 3.68. The number of aryl methyl sites for hydroxylation is 1. The molecule has 2 fully saturated rings. The van der Waals surface area contributed by atoms with Gasteiger partial charge in [0, 0.05) is 12.6 Å². The van der Waals surface area contributed by atoms with Crippen molar-refractivity contribution in [3.8, 4) is 0 Å². The highest BCUT2D eigenvalue weighted by molar-refractivity contribution is 5.25. The van der Waals surface area contributed by atoms with E-state index in [4.69, 9.17) is 0 Å². The lowest BCUT2D eigenvalue weighted by atomic mass is 9.96. The van der Waals surface area contributed by atoms with Gasteiger partial charge < -0.3 is 5.32 Å². The van der Waals surface area contributed by atoms with E-state index < -0.39 is 0 Å². The van der Waals surface area contributed by atoms with Crippen LogP contribution >= 0.6 is 0 Å². The van der Waals surface area contributed by atoms with Crippen molar-refractivity contribution in [1.29, 1.82) is 0 Å². The Bertz CT molecular complexity index is 403. The lowest BCUT2D eigenvalue weighted by molar-refractivity contribution is 0.175. The first-order chi connectivity index (χ1) is 9.31. The Kier molecular flexibility index (Phi) is 4.19. The highest BCUT2D eigenvalue weighted by Crippen LogP contribution is 2.22. The number of benzene rings is 1. The van der Waals surface area contributed by atoms with Crippen LogP contribution in [0.3, 0.4) is 0 Å². The Morgan fingerprint density at radius 2 is 1.84 bits per heavy atom. The van der Waals surface area contributed by atoms with Crippen LogP contribution in [-0.4, -0.2) is 30.6 Å². The number of nitrogens with one attached hydrogen (secondary N) is 1. The molecular weight excluding hydrogens is 232 g/mol. The van der Waals surface area contributed by atoms with Crippen LogP contribution in [0.15, 0.2) is 24.3 Å². The van der Waals surface area contributed by atoms with E-state index in [-0.39, 0.29) is 0 Å². The van der Waals surface area contributed by atoms with E-state index >= 15 is 0 Å². The molecule has 0 aromatic heterocycles. The molecule has 0 spiro atoms. The summed E-state index contributed by atoms with van der Waals surface area (Å²) in [5, 5.41) is 3.68. The minimum absolute atomic E-state index is 0.866. The first-order valence-corrected chi connectivity index (χ1v) is 7.81. The summed E-state index contributed by atoms with van der Waals surface area (Å²) in [6.45, 7) is 7.15. The smallest absolute Gasteiger partial charge is 0.0236 e. The number of rotatable bonds is 5. The average Bonchev–Trinajstić information content (AvgIpc) is 3.25. The molecule has 2 heteroatoms. The maximum Gasteiger partial charge on any atom is 0.0236 e. The van der Waals surface area contributed by atoms with Crippen LogP contribution in [0, 0.1) is 12.8 Å². The Morgan fingerprint density at radius 3 is 2.53 bits per heavy atom. The van der Waals surface area contributed by atoms with Gasteiger partial charge in [0.05, 0.1) is 0 Å². The summed E-state index contributed by atoms with van der Waals surface area (Å²) in [4.78, 5) is 2.62. The summed E-state index contributed by atoms with van der Waals surface area (Å²) in [5.74, 6) is 0.911. The third-order valence-electron chi connectivity index (χ3n) is 4.63. The molecule has 0 atom stereocenters. The highest BCUT2D eigenvalue weighted by Gasteiger charge is 2.24. The van der Waals surface area contributed by atoms with Crippen LogP contribution in [-0.2, 0) is 6.54 Å². The van der Waals surface area contributed by atoms with Gasteiger partial charge in [-0.3, -0.25) is 4.90 Å². The molecule has 2 nitrogen and oxygen atoms in total. The normalized spacial score (nSPS) is 21.7. The van der Waals surface area contributed by atoms with Gasteiger partial charge in [0.25, 0.3) is 0 Å². The molecule has 0 bridgehead atoms. The Balaban J connectivity index is 1.43. The molecule has 19 heavy (non-hydrogen) atoms. The van der Waals surface area contributed by atoms with Crippen molar-refractivity contribution in [3.63, 3.8) is 0 Å². The molecule has 104 valence electrons. The molecule has 1 saturated heterocycles. The highest BCUT2D eigenvalue weighted by atomic mass is 15.1. The van der Waals surface area contributed by atoms with Crippen LogP contribution in [0.2, 0.25) is 0 Å². The number of hydrogen-bond acceptors (Lipinski definition) is 2. The third-order valence-corrected chi connectivity index (χ3v) is 4.63. The van der Waals surface area contributed by atoms with E-state index in [9.17, 15) is 0 Å². The van der Waals surface area contributed by atoms with Crippen LogP contribution in [0.4, 0.5) is 0 Å². The lowest BCUT2D eigenvalue weighted by Crippen LogP contribution is -2.37. The van der Waals surface area contributed by atoms with Gasteiger partial charge in [0.2, 0.25) is 0 Å².